The predicted octanol–water partition coefficient (Wildman–Crippen LogP) is 4.13. The van der Waals surface area contributed by atoms with Gasteiger partial charge in [0.1, 0.15) is 0 Å². The molecule has 3 rings (SSSR count). The average molecular weight is 395 g/mol. The molecular formula is C19H27ClN4OS. The van der Waals surface area contributed by atoms with Crippen LogP contribution in [0.2, 0.25) is 0 Å². The van der Waals surface area contributed by atoms with Gasteiger partial charge in [-0.25, -0.2) is 4.98 Å². The van der Waals surface area contributed by atoms with Gasteiger partial charge in [-0.1, -0.05) is 6.92 Å². The topological polar surface area (TPSA) is 57.3 Å². The van der Waals surface area contributed by atoms with Gasteiger partial charge in [0.2, 0.25) is 0 Å². The van der Waals surface area contributed by atoms with Crippen molar-refractivity contribution in [1.82, 2.24) is 10.3 Å². The fourth-order valence-electron chi connectivity index (χ4n) is 3.14. The molecule has 1 aromatic heterocycles. The molecule has 0 aliphatic carbocycles. The van der Waals surface area contributed by atoms with Crippen molar-refractivity contribution >= 4 is 40.5 Å². The van der Waals surface area contributed by atoms with Gasteiger partial charge in [0, 0.05) is 35.9 Å². The second kappa shape index (κ2) is 9.90. The Morgan fingerprint density at radius 2 is 2.00 bits per heavy atom. The zero-order chi connectivity index (χ0) is 17.6. The average Bonchev–Trinajstić information content (AvgIpc) is 3.11. The van der Waals surface area contributed by atoms with Crippen molar-refractivity contribution in [2.45, 2.75) is 32.1 Å². The number of nitrogens with zero attached hydrogens (tertiary/aromatic N) is 2. The maximum absolute atomic E-state index is 12.4. The molecule has 142 valence electrons. The summed E-state index contributed by atoms with van der Waals surface area (Å²) in [6.45, 7) is 5.28. The summed E-state index contributed by atoms with van der Waals surface area (Å²) in [5.41, 5.74) is 1.79. The van der Waals surface area contributed by atoms with Gasteiger partial charge in [-0.2, -0.15) is 0 Å². The second-order valence-corrected chi connectivity index (χ2v) is 7.58. The molecule has 0 radical (unpaired) electrons. The monoisotopic (exact) mass is 394 g/mol. The standard InChI is InChI=1S/C19H26N4OS.ClH/c1-3-12-23(2)16-6-4-15(5-7-16)18(24)22-19-21-13-17(25-19)14-8-10-20-11-9-14;/h4-7,13-14,20H,3,8-12H2,1-2H3,(H,21,22,24);1H. The van der Waals surface area contributed by atoms with Crippen LogP contribution in [-0.2, 0) is 0 Å². The number of thiazole rings is 1. The number of piperidine rings is 1. The lowest BCUT2D eigenvalue weighted by molar-refractivity contribution is 0.102. The van der Waals surface area contributed by atoms with Crippen LogP contribution in [0.3, 0.4) is 0 Å². The van der Waals surface area contributed by atoms with E-state index < -0.39 is 0 Å². The molecule has 0 unspecified atom stereocenters. The van der Waals surface area contributed by atoms with Gasteiger partial charge in [-0.15, -0.1) is 23.7 Å². The zero-order valence-corrected chi connectivity index (χ0v) is 17.0. The fraction of sp³-hybridized carbons (Fsp3) is 0.474. The van der Waals surface area contributed by atoms with Crippen LogP contribution in [0.5, 0.6) is 0 Å². The Kier molecular flexibility index (Phi) is 7.87. The van der Waals surface area contributed by atoms with Crippen LogP contribution >= 0.6 is 23.7 Å². The summed E-state index contributed by atoms with van der Waals surface area (Å²) in [7, 11) is 2.07. The van der Waals surface area contributed by atoms with Crippen LogP contribution in [-0.4, -0.2) is 37.6 Å². The number of rotatable bonds is 6. The first-order valence-corrected chi connectivity index (χ1v) is 9.78. The number of aromatic nitrogens is 1. The zero-order valence-electron chi connectivity index (χ0n) is 15.3. The van der Waals surface area contributed by atoms with E-state index in [1.165, 1.54) is 4.88 Å². The van der Waals surface area contributed by atoms with Crippen molar-refractivity contribution in [3.63, 3.8) is 0 Å². The molecule has 2 aromatic rings. The highest BCUT2D eigenvalue weighted by molar-refractivity contribution is 7.15. The number of nitrogens with one attached hydrogen (secondary N) is 2. The first-order chi connectivity index (χ1) is 12.2. The summed E-state index contributed by atoms with van der Waals surface area (Å²) in [6, 6.07) is 7.73. The summed E-state index contributed by atoms with van der Waals surface area (Å²) < 4.78 is 0. The van der Waals surface area contributed by atoms with Crippen LogP contribution in [0, 0.1) is 0 Å². The van der Waals surface area contributed by atoms with E-state index in [-0.39, 0.29) is 18.3 Å². The first kappa shape index (κ1) is 20.7. The number of carbonyl (C=O) groups is 1. The van der Waals surface area contributed by atoms with Crippen LogP contribution in [0.4, 0.5) is 10.8 Å². The van der Waals surface area contributed by atoms with E-state index >= 15 is 0 Å². The SMILES string of the molecule is CCCN(C)c1ccc(C(=O)Nc2ncc(C3CCNCC3)s2)cc1.Cl. The van der Waals surface area contributed by atoms with Gasteiger partial charge in [0.25, 0.3) is 5.91 Å². The molecule has 0 spiro atoms. The largest absolute Gasteiger partial charge is 0.375 e. The normalized spacial score (nSPS) is 14.5. The molecule has 26 heavy (non-hydrogen) atoms. The minimum Gasteiger partial charge on any atom is -0.375 e. The molecule has 1 fully saturated rings. The number of hydrogen-bond donors (Lipinski definition) is 2. The first-order valence-electron chi connectivity index (χ1n) is 8.96. The van der Waals surface area contributed by atoms with Gasteiger partial charge in [0.15, 0.2) is 5.13 Å². The van der Waals surface area contributed by atoms with Crippen molar-refractivity contribution in [2.75, 3.05) is 36.9 Å². The highest BCUT2D eigenvalue weighted by Gasteiger charge is 2.18. The Balaban J connectivity index is 0.00000243. The van der Waals surface area contributed by atoms with E-state index in [1.54, 1.807) is 11.3 Å². The smallest absolute Gasteiger partial charge is 0.257 e. The van der Waals surface area contributed by atoms with Crippen molar-refractivity contribution in [2.24, 2.45) is 0 Å². The number of hydrogen-bond acceptors (Lipinski definition) is 5. The molecule has 2 heterocycles. The summed E-state index contributed by atoms with van der Waals surface area (Å²) in [5.74, 6) is 0.466. The van der Waals surface area contributed by atoms with Gasteiger partial charge in [-0.05, 0) is 62.5 Å². The van der Waals surface area contributed by atoms with E-state index in [2.05, 4.69) is 34.5 Å². The molecule has 1 saturated heterocycles. The lowest BCUT2D eigenvalue weighted by Crippen LogP contribution is -2.26. The van der Waals surface area contributed by atoms with Crippen LogP contribution in [0.1, 0.15) is 47.3 Å². The second-order valence-electron chi connectivity index (χ2n) is 6.51. The van der Waals surface area contributed by atoms with Gasteiger partial charge in [-0.3, -0.25) is 10.1 Å². The molecule has 1 aromatic carbocycles. The molecule has 1 aliphatic rings. The van der Waals surface area contributed by atoms with Crippen molar-refractivity contribution in [1.29, 1.82) is 0 Å². The summed E-state index contributed by atoms with van der Waals surface area (Å²) in [4.78, 5) is 20.3. The highest BCUT2D eigenvalue weighted by Crippen LogP contribution is 2.31. The third kappa shape index (κ3) is 5.19. The van der Waals surface area contributed by atoms with E-state index in [1.807, 2.05) is 30.5 Å². The van der Waals surface area contributed by atoms with Gasteiger partial charge >= 0.3 is 0 Å². The fourth-order valence-corrected chi connectivity index (χ4v) is 4.12. The van der Waals surface area contributed by atoms with E-state index in [0.717, 1.165) is 44.6 Å². The third-order valence-corrected chi connectivity index (χ3v) is 5.69. The van der Waals surface area contributed by atoms with Crippen molar-refractivity contribution < 1.29 is 4.79 Å². The Labute approximate surface area is 165 Å². The summed E-state index contributed by atoms with van der Waals surface area (Å²) in [5, 5.41) is 6.99. The number of benzene rings is 1. The van der Waals surface area contributed by atoms with E-state index in [9.17, 15) is 4.79 Å². The Morgan fingerprint density at radius 1 is 1.31 bits per heavy atom. The lowest BCUT2D eigenvalue weighted by Gasteiger charge is -2.20. The predicted molar refractivity (Wildman–Crippen MR) is 112 cm³/mol. The molecule has 0 atom stereocenters. The maximum Gasteiger partial charge on any atom is 0.257 e. The summed E-state index contributed by atoms with van der Waals surface area (Å²) >= 11 is 1.60. The van der Waals surface area contributed by atoms with Crippen molar-refractivity contribution in [3.05, 3.63) is 40.9 Å². The number of anilines is 2. The van der Waals surface area contributed by atoms with Crippen molar-refractivity contribution in [3.8, 4) is 0 Å². The molecule has 7 heteroatoms. The summed E-state index contributed by atoms with van der Waals surface area (Å²) in [6.07, 6.45) is 5.30. The highest BCUT2D eigenvalue weighted by atomic mass is 35.5. The molecule has 5 nitrogen and oxygen atoms in total. The molecule has 0 saturated carbocycles. The van der Waals surface area contributed by atoms with Crippen LogP contribution in [0.25, 0.3) is 0 Å². The van der Waals surface area contributed by atoms with E-state index in [4.69, 9.17) is 0 Å². The Morgan fingerprint density at radius 3 is 2.65 bits per heavy atom. The van der Waals surface area contributed by atoms with Crippen LogP contribution < -0.4 is 15.5 Å². The molecule has 1 amide bonds. The van der Waals surface area contributed by atoms with Gasteiger partial charge < -0.3 is 10.2 Å². The number of amides is 1. The van der Waals surface area contributed by atoms with Gasteiger partial charge in [0.05, 0.1) is 0 Å². The maximum atomic E-state index is 12.4. The Bertz CT molecular complexity index is 698. The molecule has 0 bridgehead atoms. The minimum atomic E-state index is -0.101. The number of halogens is 1. The molecular weight excluding hydrogens is 368 g/mol. The third-order valence-electron chi connectivity index (χ3n) is 4.61. The van der Waals surface area contributed by atoms with E-state index in [0.29, 0.717) is 16.6 Å². The minimum absolute atomic E-state index is 0. The van der Waals surface area contributed by atoms with Crippen LogP contribution in [0.15, 0.2) is 30.5 Å². The quantitative estimate of drug-likeness (QED) is 0.773. The molecule has 1 aliphatic heterocycles. The lowest BCUT2D eigenvalue weighted by atomic mass is 9.97. The number of carbonyl (C=O) groups excluding carboxylic acids is 1. The Hall–Kier alpha value is -1.63. The molecule has 2 N–H and O–H groups in total.